The first-order valence-corrected chi connectivity index (χ1v) is 4.70. The molecule has 1 aromatic carbocycles. The second-order valence-electron chi connectivity index (χ2n) is 2.89. The van der Waals surface area contributed by atoms with Gasteiger partial charge in [0, 0.05) is 6.32 Å². The average Bonchev–Trinajstić information content (AvgIpc) is 2.48. The quantitative estimate of drug-likeness (QED) is 0.615. The van der Waals surface area contributed by atoms with Crippen LogP contribution in [-0.2, 0) is 6.32 Å². The molecule has 0 bridgehead atoms. The second kappa shape index (κ2) is 4.33. The first kappa shape index (κ1) is 10.1. The molecular formula is C10H15BO2. The lowest BCUT2D eigenvalue weighted by atomic mass is 9.85. The molecule has 0 spiro atoms. The predicted octanol–water partition coefficient (Wildman–Crippen LogP) is 1.98. The van der Waals surface area contributed by atoms with Crippen molar-refractivity contribution in [2.24, 2.45) is 0 Å². The first-order valence-electron chi connectivity index (χ1n) is 4.70. The Morgan fingerprint density at radius 1 is 1.38 bits per heavy atom. The Hall–Kier alpha value is -0.955. The van der Waals surface area contributed by atoms with Crippen molar-refractivity contribution >= 4 is 7.12 Å². The molecule has 0 atom stereocenters. The van der Waals surface area contributed by atoms with Crippen molar-refractivity contribution in [3.63, 3.8) is 0 Å². The highest BCUT2D eigenvalue weighted by Crippen LogP contribution is 2.26. The Balaban J connectivity index is 0.000000396. The molecule has 2 rings (SSSR count). The van der Waals surface area contributed by atoms with Crippen molar-refractivity contribution in [1.29, 1.82) is 0 Å². The van der Waals surface area contributed by atoms with Gasteiger partial charge in [0.05, 0.1) is 0 Å². The molecule has 1 aliphatic heterocycles. The smallest absolute Gasteiger partial charge is 0.527 e. The van der Waals surface area contributed by atoms with Gasteiger partial charge in [-0.2, -0.15) is 0 Å². The molecule has 13 heavy (non-hydrogen) atoms. The van der Waals surface area contributed by atoms with Crippen molar-refractivity contribution in [1.82, 2.24) is 0 Å². The number of benzene rings is 1. The summed E-state index contributed by atoms with van der Waals surface area (Å²) < 4.78 is 5.14. The topological polar surface area (TPSA) is 29.5 Å². The van der Waals surface area contributed by atoms with E-state index in [2.05, 4.69) is 0 Å². The third-order valence-corrected chi connectivity index (χ3v) is 1.88. The average molecular weight is 178 g/mol. The summed E-state index contributed by atoms with van der Waals surface area (Å²) in [7, 11) is -0.633. The summed E-state index contributed by atoms with van der Waals surface area (Å²) >= 11 is 0. The number of aryl methyl sites for hydroxylation is 1. The van der Waals surface area contributed by atoms with Crippen LogP contribution in [0, 0.1) is 6.92 Å². The van der Waals surface area contributed by atoms with Gasteiger partial charge in [0.25, 0.3) is 0 Å². The highest BCUT2D eigenvalue weighted by atomic mass is 16.5. The summed E-state index contributed by atoms with van der Waals surface area (Å²) in [5.74, 6) is 0.831. The summed E-state index contributed by atoms with van der Waals surface area (Å²) in [4.78, 5) is 0. The Morgan fingerprint density at radius 2 is 2.08 bits per heavy atom. The minimum atomic E-state index is -0.633. The van der Waals surface area contributed by atoms with Gasteiger partial charge >= 0.3 is 7.12 Å². The molecule has 0 fully saturated rings. The zero-order valence-corrected chi connectivity index (χ0v) is 8.37. The van der Waals surface area contributed by atoms with E-state index in [0.717, 1.165) is 16.9 Å². The number of hydrogen-bond donors (Lipinski definition) is 1. The summed E-state index contributed by atoms with van der Waals surface area (Å²) in [5, 5.41) is 9.12. The van der Waals surface area contributed by atoms with E-state index in [9.17, 15) is 0 Å². The van der Waals surface area contributed by atoms with E-state index < -0.39 is 7.12 Å². The van der Waals surface area contributed by atoms with Gasteiger partial charge < -0.3 is 9.68 Å². The third kappa shape index (κ3) is 2.25. The maximum atomic E-state index is 9.12. The van der Waals surface area contributed by atoms with Gasteiger partial charge in [0.1, 0.15) is 5.75 Å². The van der Waals surface area contributed by atoms with Crippen LogP contribution in [0.25, 0.3) is 0 Å². The zero-order chi connectivity index (χ0) is 9.84. The van der Waals surface area contributed by atoms with Crippen LogP contribution in [0.5, 0.6) is 5.75 Å². The van der Waals surface area contributed by atoms with Crippen LogP contribution in [-0.4, -0.2) is 12.1 Å². The molecule has 0 saturated carbocycles. The molecule has 1 heterocycles. The van der Waals surface area contributed by atoms with Crippen molar-refractivity contribution in [3.05, 3.63) is 29.3 Å². The van der Waals surface area contributed by atoms with Crippen LogP contribution in [0.15, 0.2) is 18.2 Å². The summed E-state index contributed by atoms with van der Waals surface area (Å²) in [6.45, 7) is 6.01. The molecule has 0 unspecified atom stereocenters. The molecule has 1 aliphatic rings. The van der Waals surface area contributed by atoms with Crippen LogP contribution in [0.1, 0.15) is 25.0 Å². The lowest BCUT2D eigenvalue weighted by molar-refractivity contribution is 0.431. The maximum Gasteiger partial charge on any atom is 0.527 e. The predicted molar refractivity (Wildman–Crippen MR) is 54.8 cm³/mol. The Morgan fingerprint density at radius 3 is 2.77 bits per heavy atom. The molecular weight excluding hydrogens is 163 g/mol. The lowest BCUT2D eigenvalue weighted by Crippen LogP contribution is -2.17. The van der Waals surface area contributed by atoms with E-state index >= 15 is 0 Å². The highest BCUT2D eigenvalue weighted by molar-refractivity contribution is 6.44. The van der Waals surface area contributed by atoms with E-state index in [1.54, 1.807) is 0 Å². The van der Waals surface area contributed by atoms with Crippen LogP contribution >= 0.6 is 0 Å². The highest BCUT2D eigenvalue weighted by Gasteiger charge is 2.26. The monoisotopic (exact) mass is 178 g/mol. The van der Waals surface area contributed by atoms with E-state index in [4.69, 9.17) is 9.68 Å². The van der Waals surface area contributed by atoms with E-state index in [0.29, 0.717) is 6.32 Å². The van der Waals surface area contributed by atoms with Crippen molar-refractivity contribution in [2.75, 3.05) is 0 Å². The molecule has 1 N–H and O–H groups in total. The van der Waals surface area contributed by atoms with Gasteiger partial charge in [0.15, 0.2) is 0 Å². The fraction of sp³-hybridized carbons (Fsp3) is 0.400. The van der Waals surface area contributed by atoms with Crippen molar-refractivity contribution in [3.8, 4) is 5.75 Å². The van der Waals surface area contributed by atoms with E-state index in [1.807, 2.05) is 39.0 Å². The maximum absolute atomic E-state index is 9.12. The fourth-order valence-corrected chi connectivity index (χ4v) is 1.32. The van der Waals surface area contributed by atoms with E-state index in [1.165, 1.54) is 0 Å². The summed E-state index contributed by atoms with van der Waals surface area (Å²) in [6, 6.07) is 5.98. The van der Waals surface area contributed by atoms with Gasteiger partial charge in [-0.1, -0.05) is 26.0 Å². The minimum Gasteiger partial charge on any atom is -0.536 e. The fourth-order valence-electron chi connectivity index (χ4n) is 1.32. The van der Waals surface area contributed by atoms with Gasteiger partial charge in [0.2, 0.25) is 0 Å². The Labute approximate surface area is 79.7 Å². The number of rotatable bonds is 0. The molecule has 0 radical (unpaired) electrons. The third-order valence-electron chi connectivity index (χ3n) is 1.88. The van der Waals surface area contributed by atoms with Crippen molar-refractivity contribution < 1.29 is 9.68 Å². The Kier molecular flexibility index (Phi) is 3.37. The lowest BCUT2D eigenvalue weighted by Gasteiger charge is -2.00. The SMILES string of the molecule is CC.Cc1ccc2c(c1)OB(O)C2. The van der Waals surface area contributed by atoms with Crippen molar-refractivity contribution in [2.45, 2.75) is 27.1 Å². The molecule has 70 valence electrons. The van der Waals surface area contributed by atoms with Crippen LogP contribution in [0.2, 0.25) is 0 Å². The molecule has 0 aliphatic carbocycles. The van der Waals surface area contributed by atoms with Crippen LogP contribution in [0.4, 0.5) is 0 Å². The standard InChI is InChI=1S/C8H9BO2.C2H6/c1-6-2-3-7-5-9(10)11-8(7)4-6;1-2/h2-4,10H,5H2,1H3;1-2H3. The summed E-state index contributed by atoms with van der Waals surface area (Å²) in [6.07, 6.45) is 0.621. The second-order valence-corrected chi connectivity index (χ2v) is 2.89. The molecule has 0 aromatic heterocycles. The van der Waals surface area contributed by atoms with Gasteiger partial charge in [-0.15, -0.1) is 0 Å². The molecule has 2 nitrogen and oxygen atoms in total. The molecule has 1 aromatic rings. The van der Waals surface area contributed by atoms with Crippen LogP contribution in [0.3, 0.4) is 0 Å². The van der Waals surface area contributed by atoms with Crippen LogP contribution < -0.4 is 4.65 Å². The summed E-state index contributed by atoms with van der Waals surface area (Å²) in [5.41, 5.74) is 2.26. The van der Waals surface area contributed by atoms with Gasteiger partial charge in [-0.05, 0) is 24.1 Å². The van der Waals surface area contributed by atoms with Gasteiger partial charge in [-0.25, -0.2) is 0 Å². The Bertz CT molecular complexity index is 286. The zero-order valence-electron chi connectivity index (χ0n) is 8.37. The largest absolute Gasteiger partial charge is 0.536 e. The minimum absolute atomic E-state index is 0.621. The normalized spacial score (nSPS) is 12.8. The first-order chi connectivity index (χ1) is 6.25. The van der Waals surface area contributed by atoms with Gasteiger partial charge in [-0.3, -0.25) is 0 Å². The number of fused-ring (bicyclic) bond motifs is 1. The molecule has 3 heteroatoms. The molecule has 0 saturated heterocycles. The van der Waals surface area contributed by atoms with E-state index in [-0.39, 0.29) is 0 Å². The molecule has 0 amide bonds. The number of hydrogen-bond acceptors (Lipinski definition) is 2.